The molecule has 1 aromatic rings. The van der Waals surface area contributed by atoms with E-state index >= 15 is 0 Å². The van der Waals surface area contributed by atoms with Gasteiger partial charge in [-0.15, -0.1) is 0 Å². The van der Waals surface area contributed by atoms with Crippen molar-refractivity contribution in [3.63, 3.8) is 0 Å². The van der Waals surface area contributed by atoms with Crippen LogP contribution < -0.4 is 0 Å². The Hall–Kier alpha value is 5.49. The van der Waals surface area contributed by atoms with Gasteiger partial charge in [0.05, 0.1) is 0 Å². The van der Waals surface area contributed by atoms with Crippen LogP contribution in [0.4, 0.5) is 0 Å². The minimum atomic E-state index is -4.12. The zero-order valence-electron chi connectivity index (χ0n) is 99.6. The first-order valence-corrected chi connectivity index (χ1v) is 138. The average molecular weight is 2530 g/mol. The molecule has 0 atom stereocenters. The minimum Gasteiger partial charge on any atom is -0.456 e. The number of hydrogen-bond donors (Lipinski definition) is 0. The second kappa shape index (κ2) is 60.1. The normalized spacial score (nSPS) is 15.0. The summed E-state index contributed by atoms with van der Waals surface area (Å²) in [7, 11) is -60.9. The van der Waals surface area contributed by atoms with Crippen molar-refractivity contribution < 1.29 is 86.4 Å². The molecule has 0 saturated carbocycles. The second-order valence-electron chi connectivity index (χ2n) is 54.7. The third kappa shape index (κ3) is 74.7. The summed E-state index contributed by atoms with van der Waals surface area (Å²) in [5.41, 5.74) is 2.28. The quantitative estimate of drug-likeness (QED) is 0.0441. The van der Waals surface area contributed by atoms with Gasteiger partial charge in [0.25, 0.3) is 0 Å². The van der Waals surface area contributed by atoms with Crippen LogP contribution in [0.2, 0.25) is 485 Å². The molecular weight excluding hydrogens is 2310 g/mol. The predicted molar refractivity (Wildman–Crippen MR) is 678 cm³/mol. The zero-order valence-corrected chi connectivity index (χ0v) is 134. The fraction of sp³-hybridized carbons (Fsp3) is 0.906. The van der Waals surface area contributed by atoms with Gasteiger partial charge in [-0.05, 0) is 478 Å². The van der Waals surface area contributed by atoms with Crippen LogP contribution in [0.1, 0.15) is 11.1 Å². The van der Waals surface area contributed by atoms with Gasteiger partial charge in [-0.25, -0.2) is 0 Å². The number of benzene rings is 1. The Kier molecular flexibility index (Phi) is 61.6. The smallest absolute Gasteiger partial charge is 0.456 e. The molecule has 0 saturated heterocycles. The molecule has 0 fully saturated rings. The summed E-state index contributed by atoms with van der Waals surface area (Å²) >= 11 is 0. The Morgan fingerprint density at radius 2 is 0.293 bits per heavy atom. The van der Waals surface area contributed by atoms with Gasteiger partial charge in [-0.2, -0.15) is 0 Å². The van der Waals surface area contributed by atoms with Gasteiger partial charge < -0.3 is 86.4 Å². The lowest BCUT2D eigenvalue weighted by Crippen LogP contribution is -2.65. The van der Waals surface area contributed by atoms with Crippen LogP contribution >= 0.6 is 0 Å². The van der Waals surface area contributed by atoms with Crippen molar-refractivity contribution >= 4 is 304 Å². The Morgan fingerprint density at radius 1 is 0.171 bits per heavy atom. The van der Waals surface area contributed by atoms with Crippen LogP contribution in [0.25, 0.3) is 6.08 Å². The Balaban J connectivity index is 5.47. The molecule has 0 amide bonds. The first-order valence-electron chi connectivity index (χ1n) is 52.3. The predicted octanol–water partition coefficient (Wildman–Crippen LogP) is 29.3. The van der Waals surface area contributed by atoms with E-state index in [4.69, 9.17) is 86.4 Å². The van der Waals surface area contributed by atoms with Crippen LogP contribution in [-0.4, -0.2) is 298 Å². The summed E-state index contributed by atoms with van der Waals surface area (Å²) in [6.07, 6.45) is 2.61. The Morgan fingerprint density at radius 3 is 0.414 bits per heavy atom. The summed E-state index contributed by atoms with van der Waals surface area (Å²) in [6.45, 7) is 125. The molecule has 55 heteroatoms. The summed E-state index contributed by atoms with van der Waals surface area (Å²) in [5, 5.41) is 0. The van der Waals surface area contributed by atoms with E-state index in [0.29, 0.717) is 137 Å². The standard InChI is InChI=1S/C85H212O21Si34/c1-53-84-54-56-85(57-55-84)58-68-137(104-134(47,48)78-81-138(95-125(29,30)69-59-107-86-116(2,3)4,96-126(31,32)70-60-108-87-117(5,6)7)97-127(33,34)71-61-109-88-118(8,9)10,105-135(49,50)79-82-139(98-128(35,36)72-62-110-89-119(11,12)13,99-129(37,38)73-63-111-90-120(14,15)16)100-130(39,40)74-64-112-91-121(17,18)19)106-136(51,52)80-83-140(101-131(41,42)75-65-113-92-122(20,21)22,102-132(43,44)76-66-114-93-123(23,24)25)103-133(45,46)77-67-115-94-124(26,27)28/h53-57H,1,58-83H2,2-52H3. The van der Waals surface area contributed by atoms with Gasteiger partial charge in [0.15, 0.2) is 175 Å². The van der Waals surface area contributed by atoms with E-state index in [2.05, 4.69) is 365 Å². The molecule has 21 nitrogen and oxygen atoms in total. The molecule has 0 unspecified atom stereocenters. The summed E-state index contributed by atoms with van der Waals surface area (Å²) in [5.74, 6) is 0. The number of rotatable bonds is 82. The molecule has 140 heavy (non-hydrogen) atoms. The molecule has 0 bridgehead atoms. The monoisotopic (exact) mass is 2520 g/mol. The molecule has 1 aromatic carbocycles. The maximum absolute atomic E-state index is 8.87. The van der Waals surface area contributed by atoms with Gasteiger partial charge in [-0.1, -0.05) is 36.9 Å². The second-order valence-corrected chi connectivity index (χ2v) is 173. The first kappa shape index (κ1) is 144. The maximum Gasteiger partial charge on any atom is 0.469 e. The van der Waals surface area contributed by atoms with Crippen molar-refractivity contribution in [3.05, 3.63) is 42.0 Å². The highest BCUT2D eigenvalue weighted by atomic mass is 28.5. The zero-order chi connectivity index (χ0) is 109. The van der Waals surface area contributed by atoms with Crippen molar-refractivity contribution in [2.45, 2.75) is 491 Å². The lowest BCUT2D eigenvalue weighted by molar-refractivity contribution is 0.234. The molecule has 814 valence electrons. The molecule has 0 aliphatic rings. The maximum atomic E-state index is 8.87. The van der Waals surface area contributed by atoms with Crippen LogP contribution in [0.5, 0.6) is 0 Å². The third-order valence-corrected chi connectivity index (χ3v) is 121. The topological polar surface area (TPSA) is 194 Å². The Bertz CT molecular complexity index is 3050. The highest BCUT2D eigenvalue weighted by Crippen LogP contribution is 2.45. The van der Waals surface area contributed by atoms with Gasteiger partial charge in [-0.3, -0.25) is 0 Å². The van der Waals surface area contributed by atoms with Crippen LogP contribution in [0.15, 0.2) is 30.8 Å². The summed E-state index contributed by atoms with van der Waals surface area (Å²) in [4.78, 5) is 0. The minimum absolute atomic E-state index is 0.408. The number of hydrogen-bond acceptors (Lipinski definition) is 21. The average Bonchev–Trinajstić information content (AvgIpc) is 0.772. The van der Waals surface area contributed by atoms with Crippen molar-refractivity contribution in [2.24, 2.45) is 0 Å². The van der Waals surface area contributed by atoms with Gasteiger partial charge in [0.1, 0.15) is 0 Å². The van der Waals surface area contributed by atoms with Crippen LogP contribution in [-0.2, 0) is 92.8 Å². The first-order chi connectivity index (χ1) is 62.5. The lowest BCUT2D eigenvalue weighted by Gasteiger charge is -2.49. The van der Waals surface area contributed by atoms with E-state index in [9.17, 15) is 0 Å². The fourth-order valence-corrected chi connectivity index (χ4v) is 127. The molecule has 18 radical (unpaired) electrons. The van der Waals surface area contributed by atoms with Crippen molar-refractivity contribution in [1.82, 2.24) is 0 Å². The van der Waals surface area contributed by atoms with E-state index in [1.165, 1.54) is 5.56 Å². The molecular formula is C85H212O21Si34. The van der Waals surface area contributed by atoms with E-state index in [1.54, 1.807) is 0 Å². The van der Waals surface area contributed by atoms with E-state index < -0.39 is 210 Å². The van der Waals surface area contributed by atoms with Gasteiger partial charge in [0, 0.05) is 24.2 Å². The number of aryl methyl sites for hydroxylation is 1. The largest absolute Gasteiger partial charge is 0.469 e. The molecule has 0 aromatic heterocycles. The third-order valence-electron chi connectivity index (χ3n) is 21.1. The van der Waals surface area contributed by atoms with Gasteiger partial charge >= 0.3 is 35.2 Å². The highest BCUT2D eigenvalue weighted by molar-refractivity contribution is 6.98. The Labute approximate surface area is 914 Å². The van der Waals surface area contributed by atoms with E-state index in [1.807, 2.05) is 6.08 Å². The summed E-state index contributed by atoms with van der Waals surface area (Å²) in [6, 6.07) is 30.3. The molecule has 0 N–H and O–H groups in total. The SMILES string of the molecule is C=Cc1ccc(CC[Si](O[Si](C)(C)CC[Si](O[Si](C)(C)CC[Si]O[Si](C)(C)C)(O[Si](C)(C)CC[Si]O[Si](C)(C)C)O[Si](C)(C)CC[Si]O[Si](C)(C)C)(O[Si](C)(C)CC[Si](O[Si](C)(C)CC[Si]O[Si](C)(C)C)(O[Si](C)(C)CC[Si]O[Si](C)(C)C)O[Si](C)(C)CC[Si]O[Si](C)(C)C)O[Si](C)(C)CC[Si](O[Si](C)(C)CC[Si]O[Si](C)(C)C)(O[Si](C)(C)CC[Si]O[Si](C)(C)C)O[Si](C)(C)CC[Si]O[Si](C)(C)C)cc1. The van der Waals surface area contributed by atoms with E-state index in [0.717, 1.165) is 114 Å². The highest BCUT2D eigenvalue weighted by Gasteiger charge is 2.61. The molecule has 0 heterocycles. The van der Waals surface area contributed by atoms with Crippen molar-refractivity contribution in [2.75, 3.05) is 0 Å². The summed E-state index contributed by atoms with van der Waals surface area (Å²) < 4.78 is 161. The van der Waals surface area contributed by atoms with Gasteiger partial charge in [0.2, 0.25) is 87.9 Å². The molecule has 0 aliphatic heterocycles. The fourth-order valence-electron chi connectivity index (χ4n) is 14.6. The molecule has 0 aliphatic carbocycles. The van der Waals surface area contributed by atoms with Crippen molar-refractivity contribution in [1.29, 1.82) is 0 Å². The molecule has 0 spiro atoms. The van der Waals surface area contributed by atoms with Crippen molar-refractivity contribution in [3.8, 4) is 0 Å². The van der Waals surface area contributed by atoms with E-state index in [-0.39, 0.29) is 0 Å². The lowest BCUT2D eigenvalue weighted by atomic mass is 10.1. The van der Waals surface area contributed by atoms with Crippen LogP contribution in [0, 0.1) is 0 Å². The molecule has 1 rings (SSSR count). The van der Waals surface area contributed by atoms with Crippen LogP contribution in [0.3, 0.4) is 0 Å².